The van der Waals surface area contributed by atoms with Crippen molar-refractivity contribution in [3.05, 3.63) is 60.2 Å². The maximum atomic E-state index is 11.5. The number of methoxy groups -OCH3 is 1. The number of hydrogen-bond acceptors (Lipinski definition) is 3. The number of aryl methyl sites for hydroxylation is 1. The van der Waals surface area contributed by atoms with E-state index in [1.807, 2.05) is 37.3 Å². The van der Waals surface area contributed by atoms with E-state index in [4.69, 9.17) is 9.47 Å². The van der Waals surface area contributed by atoms with Gasteiger partial charge < -0.3 is 9.47 Å². The molecule has 0 bridgehead atoms. The van der Waals surface area contributed by atoms with Crippen LogP contribution >= 0.6 is 0 Å². The number of hydrogen-bond donors (Lipinski definition) is 0. The van der Waals surface area contributed by atoms with Gasteiger partial charge in [0.05, 0.1) is 7.11 Å². The SMILES string of the molecule is C=C(C)C(=O)Oc1ccc(-c2ccc(OC)cc2C)cc1. The van der Waals surface area contributed by atoms with E-state index in [1.165, 1.54) is 0 Å². The van der Waals surface area contributed by atoms with Crippen LogP contribution in [0.1, 0.15) is 12.5 Å². The number of rotatable bonds is 4. The molecule has 108 valence electrons. The second-order valence-corrected chi connectivity index (χ2v) is 4.88. The summed E-state index contributed by atoms with van der Waals surface area (Å²) < 4.78 is 10.4. The molecule has 0 aliphatic carbocycles. The van der Waals surface area contributed by atoms with Gasteiger partial charge in [0.1, 0.15) is 11.5 Å². The van der Waals surface area contributed by atoms with E-state index in [1.54, 1.807) is 26.2 Å². The molecular formula is C18H18O3. The van der Waals surface area contributed by atoms with Gasteiger partial charge in [0.15, 0.2) is 0 Å². The average molecular weight is 282 g/mol. The molecule has 0 amide bonds. The Morgan fingerprint density at radius 1 is 1.05 bits per heavy atom. The first kappa shape index (κ1) is 14.9. The Labute approximate surface area is 124 Å². The summed E-state index contributed by atoms with van der Waals surface area (Å²) >= 11 is 0. The van der Waals surface area contributed by atoms with Gasteiger partial charge in [0.2, 0.25) is 0 Å². The Balaban J connectivity index is 2.23. The van der Waals surface area contributed by atoms with Gasteiger partial charge in [0.25, 0.3) is 0 Å². The zero-order valence-corrected chi connectivity index (χ0v) is 12.5. The lowest BCUT2D eigenvalue weighted by molar-refractivity contribution is -0.130. The summed E-state index contributed by atoms with van der Waals surface area (Å²) in [6.45, 7) is 7.21. The third-order valence-corrected chi connectivity index (χ3v) is 3.16. The molecule has 0 heterocycles. The van der Waals surface area contributed by atoms with Crippen LogP contribution in [0.4, 0.5) is 0 Å². The van der Waals surface area contributed by atoms with Crippen molar-refractivity contribution in [2.24, 2.45) is 0 Å². The highest BCUT2D eigenvalue weighted by atomic mass is 16.5. The number of carbonyl (C=O) groups is 1. The van der Waals surface area contributed by atoms with Crippen LogP contribution in [-0.4, -0.2) is 13.1 Å². The lowest BCUT2D eigenvalue weighted by atomic mass is 10.0. The van der Waals surface area contributed by atoms with Gasteiger partial charge in [-0.25, -0.2) is 4.79 Å². The first-order chi connectivity index (χ1) is 10.0. The zero-order valence-electron chi connectivity index (χ0n) is 12.5. The van der Waals surface area contributed by atoms with Gasteiger partial charge in [-0.3, -0.25) is 0 Å². The fraction of sp³-hybridized carbons (Fsp3) is 0.167. The van der Waals surface area contributed by atoms with E-state index in [0.29, 0.717) is 11.3 Å². The third kappa shape index (κ3) is 3.51. The molecule has 3 heteroatoms. The zero-order chi connectivity index (χ0) is 15.4. The quantitative estimate of drug-likeness (QED) is 0.480. The molecule has 0 saturated heterocycles. The maximum Gasteiger partial charge on any atom is 0.338 e. The van der Waals surface area contributed by atoms with E-state index >= 15 is 0 Å². The van der Waals surface area contributed by atoms with E-state index < -0.39 is 5.97 Å². The fourth-order valence-electron chi connectivity index (χ4n) is 1.98. The number of esters is 1. The Bertz CT molecular complexity index is 669. The van der Waals surface area contributed by atoms with E-state index in [-0.39, 0.29) is 0 Å². The van der Waals surface area contributed by atoms with Crippen LogP contribution in [0.5, 0.6) is 11.5 Å². The van der Waals surface area contributed by atoms with Crippen molar-refractivity contribution in [2.75, 3.05) is 7.11 Å². The van der Waals surface area contributed by atoms with Crippen LogP contribution in [0, 0.1) is 6.92 Å². The summed E-state index contributed by atoms with van der Waals surface area (Å²) in [4.78, 5) is 11.5. The topological polar surface area (TPSA) is 35.5 Å². The van der Waals surface area contributed by atoms with E-state index in [0.717, 1.165) is 22.4 Å². The first-order valence-electron chi connectivity index (χ1n) is 6.64. The Morgan fingerprint density at radius 2 is 1.67 bits per heavy atom. The van der Waals surface area contributed by atoms with Crippen LogP contribution in [0.3, 0.4) is 0 Å². The normalized spacial score (nSPS) is 10.0. The molecule has 0 radical (unpaired) electrons. The molecule has 0 saturated carbocycles. The van der Waals surface area contributed by atoms with Gasteiger partial charge in [-0.1, -0.05) is 24.8 Å². The van der Waals surface area contributed by atoms with Crippen molar-refractivity contribution >= 4 is 5.97 Å². The third-order valence-electron chi connectivity index (χ3n) is 3.16. The second kappa shape index (κ2) is 6.27. The summed E-state index contributed by atoms with van der Waals surface area (Å²) in [5.41, 5.74) is 3.69. The Morgan fingerprint density at radius 3 is 2.19 bits per heavy atom. The molecule has 0 aliphatic rings. The van der Waals surface area contributed by atoms with Gasteiger partial charge in [-0.2, -0.15) is 0 Å². The minimum Gasteiger partial charge on any atom is -0.497 e. The van der Waals surface area contributed by atoms with E-state index in [9.17, 15) is 4.79 Å². The van der Waals surface area contributed by atoms with Gasteiger partial charge in [-0.05, 0) is 54.8 Å². The highest BCUT2D eigenvalue weighted by molar-refractivity contribution is 5.88. The molecule has 0 aliphatic heterocycles. The second-order valence-electron chi connectivity index (χ2n) is 4.88. The van der Waals surface area contributed by atoms with Crippen LogP contribution in [0.2, 0.25) is 0 Å². The highest BCUT2D eigenvalue weighted by Crippen LogP contribution is 2.28. The van der Waals surface area contributed by atoms with Crippen molar-refractivity contribution in [3.8, 4) is 22.6 Å². The highest BCUT2D eigenvalue weighted by Gasteiger charge is 2.07. The molecule has 2 rings (SSSR count). The maximum absolute atomic E-state index is 11.5. The summed E-state index contributed by atoms with van der Waals surface area (Å²) in [7, 11) is 1.65. The van der Waals surface area contributed by atoms with Crippen LogP contribution in [-0.2, 0) is 4.79 Å². The number of benzene rings is 2. The van der Waals surface area contributed by atoms with E-state index in [2.05, 4.69) is 6.58 Å². The minimum atomic E-state index is -0.414. The molecule has 21 heavy (non-hydrogen) atoms. The van der Waals surface area contributed by atoms with Gasteiger partial charge in [-0.15, -0.1) is 0 Å². The van der Waals surface area contributed by atoms with Gasteiger partial charge >= 0.3 is 5.97 Å². The first-order valence-corrected chi connectivity index (χ1v) is 6.64. The summed E-state index contributed by atoms with van der Waals surface area (Å²) in [5, 5.41) is 0. The van der Waals surface area contributed by atoms with Crippen molar-refractivity contribution in [3.63, 3.8) is 0 Å². The predicted octanol–water partition coefficient (Wildman–Crippen LogP) is 4.15. The minimum absolute atomic E-state index is 0.380. The molecule has 2 aromatic rings. The smallest absolute Gasteiger partial charge is 0.338 e. The molecule has 0 N–H and O–H groups in total. The van der Waals surface area contributed by atoms with Crippen molar-refractivity contribution < 1.29 is 14.3 Å². The summed E-state index contributed by atoms with van der Waals surface area (Å²) in [5.74, 6) is 0.935. The van der Waals surface area contributed by atoms with Crippen LogP contribution in [0.25, 0.3) is 11.1 Å². The lowest BCUT2D eigenvalue weighted by Crippen LogP contribution is -2.07. The lowest BCUT2D eigenvalue weighted by Gasteiger charge is -2.09. The molecule has 2 aromatic carbocycles. The van der Waals surface area contributed by atoms with Crippen molar-refractivity contribution in [2.45, 2.75) is 13.8 Å². The molecule has 0 atom stereocenters. The van der Waals surface area contributed by atoms with Crippen molar-refractivity contribution in [1.29, 1.82) is 0 Å². The Kier molecular flexibility index (Phi) is 4.43. The molecular weight excluding hydrogens is 264 g/mol. The van der Waals surface area contributed by atoms with Crippen LogP contribution < -0.4 is 9.47 Å². The largest absolute Gasteiger partial charge is 0.497 e. The van der Waals surface area contributed by atoms with Crippen molar-refractivity contribution in [1.82, 2.24) is 0 Å². The monoisotopic (exact) mass is 282 g/mol. The Hall–Kier alpha value is -2.55. The number of carbonyl (C=O) groups excluding carboxylic acids is 1. The predicted molar refractivity (Wildman–Crippen MR) is 83.6 cm³/mol. The molecule has 0 aromatic heterocycles. The summed E-state index contributed by atoms with van der Waals surface area (Å²) in [6.07, 6.45) is 0. The number of ether oxygens (including phenoxy) is 2. The fourth-order valence-corrected chi connectivity index (χ4v) is 1.98. The van der Waals surface area contributed by atoms with Gasteiger partial charge in [0, 0.05) is 5.57 Å². The molecule has 3 nitrogen and oxygen atoms in total. The standard InChI is InChI=1S/C18H18O3/c1-12(2)18(19)21-15-7-5-14(6-8-15)17-10-9-16(20-4)11-13(17)3/h5-11H,1H2,2-4H3. The molecule has 0 unspecified atom stereocenters. The molecule has 0 spiro atoms. The van der Waals surface area contributed by atoms with Crippen LogP contribution in [0.15, 0.2) is 54.6 Å². The average Bonchev–Trinajstić information content (AvgIpc) is 2.48. The molecule has 0 fully saturated rings. The summed E-state index contributed by atoms with van der Waals surface area (Å²) in [6, 6.07) is 13.3.